The first kappa shape index (κ1) is 25.2. The van der Waals surface area contributed by atoms with Crippen molar-refractivity contribution in [2.24, 2.45) is 5.92 Å². The molecule has 0 bridgehead atoms. The minimum Gasteiger partial charge on any atom is -0.385 e. The number of rotatable bonds is 11. The van der Waals surface area contributed by atoms with Crippen molar-refractivity contribution in [3.8, 4) is 0 Å². The van der Waals surface area contributed by atoms with E-state index < -0.39 is 0 Å². The number of aromatic nitrogens is 5. The van der Waals surface area contributed by atoms with Gasteiger partial charge in [-0.15, -0.1) is 10.2 Å². The number of nitrogens with zero attached hydrogens (tertiary/aromatic N) is 5. The van der Waals surface area contributed by atoms with E-state index in [0.717, 1.165) is 41.9 Å². The summed E-state index contributed by atoms with van der Waals surface area (Å²) >= 11 is 1.35. The molecule has 0 aliphatic rings. The number of hydrogen-bond donors (Lipinski definition) is 0. The fourth-order valence-electron chi connectivity index (χ4n) is 4.42. The van der Waals surface area contributed by atoms with Gasteiger partial charge >= 0.3 is 0 Å². The van der Waals surface area contributed by atoms with Crippen LogP contribution in [-0.4, -0.2) is 49.0 Å². The third-order valence-corrected chi connectivity index (χ3v) is 7.27. The zero-order chi connectivity index (χ0) is 25.1. The van der Waals surface area contributed by atoms with Crippen molar-refractivity contribution in [3.05, 3.63) is 57.6 Å². The van der Waals surface area contributed by atoms with Crippen molar-refractivity contribution >= 4 is 34.2 Å². The van der Waals surface area contributed by atoms with Crippen LogP contribution < -0.4 is 5.56 Å². The lowest BCUT2D eigenvalue weighted by Crippen LogP contribution is -2.24. The lowest BCUT2D eigenvalue weighted by Gasteiger charge is -2.12. The average Bonchev–Trinajstić information content (AvgIpc) is 3.38. The van der Waals surface area contributed by atoms with E-state index in [1.54, 1.807) is 11.7 Å². The second kappa shape index (κ2) is 10.8. The van der Waals surface area contributed by atoms with Gasteiger partial charge in [-0.2, -0.15) is 0 Å². The molecule has 0 atom stereocenters. The predicted octanol–water partition coefficient (Wildman–Crippen LogP) is 4.52. The Bertz CT molecular complexity index is 1420. The van der Waals surface area contributed by atoms with Crippen LogP contribution in [0.2, 0.25) is 0 Å². The predicted molar refractivity (Wildman–Crippen MR) is 140 cm³/mol. The van der Waals surface area contributed by atoms with E-state index in [2.05, 4.69) is 28.6 Å². The highest BCUT2D eigenvalue weighted by atomic mass is 32.2. The molecule has 0 spiro atoms. The molecule has 8 nitrogen and oxygen atoms in total. The van der Waals surface area contributed by atoms with Gasteiger partial charge in [0, 0.05) is 43.8 Å². The number of methoxy groups -OCH3 is 1. The van der Waals surface area contributed by atoms with Crippen molar-refractivity contribution in [3.63, 3.8) is 0 Å². The molecule has 186 valence electrons. The van der Waals surface area contributed by atoms with E-state index in [-0.39, 0.29) is 17.1 Å². The summed E-state index contributed by atoms with van der Waals surface area (Å²) in [5, 5.41) is 9.97. The molecular weight excluding hydrogens is 462 g/mol. The van der Waals surface area contributed by atoms with Gasteiger partial charge in [-0.3, -0.25) is 18.6 Å². The molecule has 3 heterocycles. The number of para-hydroxylation sites is 1. The first-order valence-electron chi connectivity index (χ1n) is 12.0. The largest absolute Gasteiger partial charge is 0.385 e. The summed E-state index contributed by atoms with van der Waals surface area (Å²) in [6.07, 6.45) is 1.76. The number of thioether (sulfide) groups is 1. The summed E-state index contributed by atoms with van der Waals surface area (Å²) in [7, 11) is 1.70. The normalized spacial score (nSPS) is 11.8. The Morgan fingerprint density at radius 3 is 2.63 bits per heavy atom. The van der Waals surface area contributed by atoms with E-state index in [1.807, 2.05) is 48.6 Å². The Labute approximate surface area is 209 Å². The van der Waals surface area contributed by atoms with Crippen LogP contribution in [0.3, 0.4) is 0 Å². The Kier molecular flexibility index (Phi) is 7.76. The molecule has 9 heteroatoms. The van der Waals surface area contributed by atoms with E-state index >= 15 is 0 Å². The molecule has 0 N–H and O–H groups in total. The van der Waals surface area contributed by atoms with Crippen LogP contribution in [0.1, 0.15) is 48.4 Å². The molecule has 1 aromatic carbocycles. The van der Waals surface area contributed by atoms with E-state index in [0.29, 0.717) is 35.4 Å². The van der Waals surface area contributed by atoms with Gasteiger partial charge in [-0.1, -0.05) is 37.7 Å². The molecule has 0 amide bonds. The number of benzene rings is 1. The number of aryl methyl sites for hydroxylation is 2. The van der Waals surface area contributed by atoms with Crippen molar-refractivity contribution in [1.82, 2.24) is 23.7 Å². The molecule has 35 heavy (non-hydrogen) atoms. The van der Waals surface area contributed by atoms with E-state index in [9.17, 15) is 9.59 Å². The first-order chi connectivity index (χ1) is 16.8. The maximum atomic E-state index is 13.2. The van der Waals surface area contributed by atoms with Gasteiger partial charge in [0.25, 0.3) is 5.56 Å². The van der Waals surface area contributed by atoms with E-state index in [4.69, 9.17) is 4.74 Å². The molecule has 0 saturated carbocycles. The van der Waals surface area contributed by atoms with Gasteiger partial charge in [0.1, 0.15) is 0 Å². The molecule has 0 aliphatic carbocycles. The zero-order valence-corrected chi connectivity index (χ0v) is 21.9. The highest BCUT2D eigenvalue weighted by Crippen LogP contribution is 2.24. The lowest BCUT2D eigenvalue weighted by atomic mass is 10.1. The van der Waals surface area contributed by atoms with E-state index in [1.165, 1.54) is 11.8 Å². The van der Waals surface area contributed by atoms with Crippen LogP contribution >= 0.6 is 11.8 Å². The van der Waals surface area contributed by atoms with Gasteiger partial charge in [0.05, 0.1) is 16.7 Å². The average molecular weight is 496 g/mol. The molecular formula is C26H33N5O3S. The fraction of sp³-hybridized carbons (Fsp3) is 0.462. The Morgan fingerprint density at radius 1 is 1.11 bits per heavy atom. The smallest absolute Gasteiger partial charge is 0.262 e. The molecule has 0 unspecified atom stereocenters. The molecule has 4 rings (SSSR count). The second-order valence-corrected chi connectivity index (χ2v) is 10.2. The Balaban J connectivity index is 1.64. The second-order valence-electron chi connectivity index (χ2n) is 9.27. The van der Waals surface area contributed by atoms with Gasteiger partial charge in [-0.05, 0) is 50.8 Å². The standard InChI is InChI=1S/C26H33N5O3S/c1-17(2)11-13-30-24(33)20-9-6-7-10-22(20)31-25(30)27-28-26(31)35-16-23(32)21-15-18(3)29(19(21)4)12-8-14-34-5/h6-7,9-10,15,17H,8,11-14,16H2,1-5H3. The third-order valence-electron chi connectivity index (χ3n) is 6.34. The van der Waals surface area contributed by atoms with Crippen LogP contribution in [0.15, 0.2) is 40.3 Å². The molecule has 4 aromatic rings. The summed E-state index contributed by atoms with van der Waals surface area (Å²) in [6, 6.07) is 9.47. The van der Waals surface area contributed by atoms with Crippen LogP contribution in [0.5, 0.6) is 0 Å². The molecule has 0 radical (unpaired) electrons. The van der Waals surface area contributed by atoms with Crippen LogP contribution in [0.25, 0.3) is 16.7 Å². The van der Waals surface area contributed by atoms with Crippen LogP contribution in [-0.2, 0) is 17.8 Å². The van der Waals surface area contributed by atoms with Crippen molar-refractivity contribution in [2.75, 3.05) is 19.5 Å². The van der Waals surface area contributed by atoms with Gasteiger partial charge < -0.3 is 9.30 Å². The highest BCUT2D eigenvalue weighted by Gasteiger charge is 2.20. The van der Waals surface area contributed by atoms with Gasteiger partial charge in [-0.25, -0.2) is 0 Å². The summed E-state index contributed by atoms with van der Waals surface area (Å²) in [6.45, 7) is 10.4. The number of ether oxygens (including phenoxy) is 1. The topological polar surface area (TPSA) is 83.4 Å². The SMILES string of the molecule is COCCCn1c(C)cc(C(=O)CSc2nnc3n(CCC(C)C)c(=O)c4ccccc4n23)c1C. The summed E-state index contributed by atoms with van der Waals surface area (Å²) in [5.41, 5.74) is 3.47. The molecule has 0 aliphatic heterocycles. The van der Waals surface area contributed by atoms with Crippen molar-refractivity contribution in [1.29, 1.82) is 0 Å². The fourth-order valence-corrected chi connectivity index (χ4v) is 5.24. The summed E-state index contributed by atoms with van der Waals surface area (Å²) < 4.78 is 10.9. The van der Waals surface area contributed by atoms with Gasteiger partial charge in [0.15, 0.2) is 10.9 Å². The third kappa shape index (κ3) is 5.06. The van der Waals surface area contributed by atoms with Crippen molar-refractivity contribution in [2.45, 2.75) is 58.8 Å². The number of fused-ring (bicyclic) bond motifs is 3. The minimum atomic E-state index is -0.0605. The maximum Gasteiger partial charge on any atom is 0.262 e. The number of carbonyl (C=O) groups is 1. The highest BCUT2D eigenvalue weighted by molar-refractivity contribution is 7.99. The number of ketones is 1. The Morgan fingerprint density at radius 2 is 1.89 bits per heavy atom. The number of Topliss-reactive ketones (excluding diaryl/α,β-unsaturated/α-hetero) is 1. The molecule has 3 aromatic heterocycles. The lowest BCUT2D eigenvalue weighted by molar-refractivity contribution is 0.102. The number of hydrogen-bond acceptors (Lipinski definition) is 6. The Hall–Kier alpha value is -2.91. The summed E-state index contributed by atoms with van der Waals surface area (Å²) in [5.74, 6) is 1.26. The minimum absolute atomic E-state index is 0.0512. The maximum absolute atomic E-state index is 13.2. The van der Waals surface area contributed by atoms with Crippen molar-refractivity contribution < 1.29 is 9.53 Å². The summed E-state index contributed by atoms with van der Waals surface area (Å²) in [4.78, 5) is 26.4. The first-order valence-corrected chi connectivity index (χ1v) is 13.0. The zero-order valence-electron chi connectivity index (χ0n) is 21.1. The quantitative estimate of drug-likeness (QED) is 0.173. The molecule has 0 fully saturated rings. The van der Waals surface area contributed by atoms with Crippen LogP contribution in [0, 0.1) is 19.8 Å². The van der Waals surface area contributed by atoms with Crippen LogP contribution in [0.4, 0.5) is 0 Å². The monoisotopic (exact) mass is 495 g/mol. The van der Waals surface area contributed by atoms with Gasteiger partial charge in [0.2, 0.25) is 5.78 Å². The number of carbonyl (C=O) groups excluding carboxylic acids is 1. The molecule has 0 saturated heterocycles.